The quantitative estimate of drug-likeness (QED) is 0.126. The fourth-order valence-corrected chi connectivity index (χ4v) is 6.07. The highest BCUT2D eigenvalue weighted by Crippen LogP contribution is 2.45. The number of phenols is 4. The van der Waals surface area contributed by atoms with E-state index < -0.39 is 0 Å². The van der Waals surface area contributed by atoms with Crippen molar-refractivity contribution < 1.29 is 20.4 Å². The van der Waals surface area contributed by atoms with Crippen LogP contribution in [0.1, 0.15) is 119 Å². The predicted molar refractivity (Wildman–Crippen MR) is 199 cm³/mol. The second kappa shape index (κ2) is 14.8. The fraction of sp³-hybridized carbons (Fsp3) is 0.415. The van der Waals surface area contributed by atoms with E-state index in [1.807, 2.05) is 79.7 Å². The van der Waals surface area contributed by atoms with E-state index in [4.69, 9.17) is 0 Å². The van der Waals surface area contributed by atoms with Gasteiger partial charge in [0, 0.05) is 17.5 Å². The van der Waals surface area contributed by atoms with Gasteiger partial charge in [-0.15, -0.1) is 20.5 Å². The van der Waals surface area contributed by atoms with Crippen LogP contribution in [0.2, 0.25) is 0 Å². The maximum absolute atomic E-state index is 11.6. The molecule has 4 aromatic carbocycles. The van der Waals surface area contributed by atoms with Gasteiger partial charge in [-0.05, 0) is 148 Å². The summed E-state index contributed by atoms with van der Waals surface area (Å²) in [4.78, 5) is 0. The number of phenolic OH excluding ortho intramolecular Hbond substituents is 4. The first-order valence-corrected chi connectivity index (χ1v) is 17.2. The fourth-order valence-electron chi connectivity index (χ4n) is 6.07. The van der Waals surface area contributed by atoms with E-state index in [0.29, 0.717) is 22.5 Å². The molecule has 0 bridgehead atoms. The molecule has 49 heavy (non-hydrogen) atoms. The molecule has 2 unspecified atom stereocenters. The van der Waals surface area contributed by atoms with Crippen LogP contribution in [-0.4, -0.2) is 20.4 Å². The van der Waals surface area contributed by atoms with Gasteiger partial charge >= 0.3 is 0 Å². The Morgan fingerprint density at radius 1 is 0.449 bits per heavy atom. The molecule has 0 saturated carbocycles. The van der Waals surface area contributed by atoms with Gasteiger partial charge in [0.05, 0.1) is 0 Å². The van der Waals surface area contributed by atoms with Gasteiger partial charge in [-0.2, -0.15) is 0 Å². The first-order valence-electron chi connectivity index (χ1n) is 17.2. The van der Waals surface area contributed by atoms with E-state index in [9.17, 15) is 20.4 Å². The zero-order valence-electron chi connectivity index (χ0n) is 31.2. The second-order valence-corrected chi connectivity index (χ2v) is 13.7. The average Bonchev–Trinajstić information content (AvgIpc) is 3.09. The molecule has 2 atom stereocenters. The Bertz CT molecular complexity index is 1780. The number of azo groups is 2. The molecule has 0 amide bonds. The molecule has 0 spiro atoms. The van der Waals surface area contributed by atoms with Crippen LogP contribution < -0.4 is 0 Å². The van der Waals surface area contributed by atoms with Crippen molar-refractivity contribution in [2.45, 2.75) is 114 Å². The molecule has 8 nitrogen and oxygen atoms in total. The summed E-state index contributed by atoms with van der Waals surface area (Å²) in [5, 5.41) is 62.9. The van der Waals surface area contributed by atoms with Crippen molar-refractivity contribution in [2.24, 2.45) is 20.5 Å². The van der Waals surface area contributed by atoms with E-state index in [-0.39, 0.29) is 52.6 Å². The van der Waals surface area contributed by atoms with Gasteiger partial charge in [0.25, 0.3) is 0 Å². The van der Waals surface area contributed by atoms with Crippen LogP contribution in [0.15, 0.2) is 44.7 Å². The SMILES string of the molecule is CCC(C)c1cc(Cc2cc(C(C)CC)cc(N=Nc3c(C)c(C)c(C)c(C)c3O)c2O)c(O)c(N=Nc2c(C)c(C)c(C)c(C)c2O)c1. The number of aromatic hydroxyl groups is 4. The topological polar surface area (TPSA) is 130 Å². The lowest BCUT2D eigenvalue weighted by atomic mass is 9.90. The Labute approximate surface area is 291 Å². The molecule has 0 saturated heterocycles. The third kappa shape index (κ3) is 7.19. The Kier molecular flexibility index (Phi) is 11.2. The largest absolute Gasteiger partial charge is 0.505 e. The van der Waals surface area contributed by atoms with Crippen LogP contribution >= 0.6 is 0 Å². The molecule has 4 aromatic rings. The average molecular weight is 665 g/mol. The summed E-state index contributed by atoms with van der Waals surface area (Å²) in [6.45, 7) is 23.9. The van der Waals surface area contributed by atoms with Crippen LogP contribution in [0.4, 0.5) is 22.7 Å². The van der Waals surface area contributed by atoms with E-state index in [1.54, 1.807) is 0 Å². The number of hydrogen-bond donors (Lipinski definition) is 4. The molecule has 260 valence electrons. The van der Waals surface area contributed by atoms with E-state index in [2.05, 4.69) is 48.2 Å². The molecule has 0 aliphatic rings. The maximum atomic E-state index is 11.6. The number of rotatable bonds is 10. The number of hydrogen-bond acceptors (Lipinski definition) is 8. The van der Waals surface area contributed by atoms with Gasteiger partial charge in [-0.25, -0.2) is 0 Å². The Morgan fingerprint density at radius 2 is 0.776 bits per heavy atom. The summed E-state index contributed by atoms with van der Waals surface area (Å²) in [7, 11) is 0. The molecule has 0 aromatic heterocycles. The van der Waals surface area contributed by atoms with E-state index in [0.717, 1.165) is 68.5 Å². The van der Waals surface area contributed by atoms with Crippen LogP contribution in [0.3, 0.4) is 0 Å². The zero-order valence-corrected chi connectivity index (χ0v) is 31.2. The molecule has 0 heterocycles. The lowest BCUT2D eigenvalue weighted by Crippen LogP contribution is -1.99. The minimum Gasteiger partial charge on any atom is -0.505 e. The summed E-state index contributed by atoms with van der Waals surface area (Å²) in [5.74, 6) is 0.417. The number of benzene rings is 4. The molecule has 0 radical (unpaired) electrons. The molecule has 4 N–H and O–H groups in total. The standard InChI is InChI=1S/C41H52N4O4/c1-13-20(3)30-15-32(40(48)34(18-30)42-44-36-26(9)22(5)24(7)28(11)38(36)46)17-33-16-31(21(4)14-2)19-35(41(33)49)43-45-37-27(10)23(6)25(8)29(12)39(37)47/h15-16,18-21,46-49H,13-14,17H2,1-12H3. The van der Waals surface area contributed by atoms with Gasteiger partial charge < -0.3 is 20.4 Å². The van der Waals surface area contributed by atoms with Crippen LogP contribution in [0.5, 0.6) is 23.0 Å². The molecule has 0 aliphatic heterocycles. The Balaban J connectivity index is 1.86. The summed E-state index contributed by atoms with van der Waals surface area (Å²) in [6.07, 6.45) is 1.96. The summed E-state index contributed by atoms with van der Waals surface area (Å²) in [6, 6.07) is 7.60. The van der Waals surface area contributed by atoms with Crippen molar-refractivity contribution in [1.82, 2.24) is 0 Å². The molecule has 8 heteroatoms. The third-order valence-electron chi connectivity index (χ3n) is 10.9. The molecule has 0 fully saturated rings. The van der Waals surface area contributed by atoms with Crippen LogP contribution in [0, 0.1) is 55.4 Å². The van der Waals surface area contributed by atoms with Crippen molar-refractivity contribution >= 4 is 22.7 Å². The molecular weight excluding hydrogens is 612 g/mol. The monoisotopic (exact) mass is 664 g/mol. The highest BCUT2D eigenvalue weighted by molar-refractivity contribution is 5.68. The van der Waals surface area contributed by atoms with Crippen molar-refractivity contribution in [3.8, 4) is 23.0 Å². The van der Waals surface area contributed by atoms with Gasteiger partial charge in [-0.3, -0.25) is 0 Å². The maximum Gasteiger partial charge on any atom is 0.146 e. The first kappa shape index (κ1) is 37.1. The summed E-state index contributed by atoms with van der Waals surface area (Å²) >= 11 is 0. The minimum absolute atomic E-state index is 0.0452. The highest BCUT2D eigenvalue weighted by atomic mass is 16.3. The van der Waals surface area contributed by atoms with E-state index in [1.165, 1.54) is 0 Å². The first-order chi connectivity index (χ1) is 23.0. The molecule has 4 rings (SSSR count). The summed E-state index contributed by atoms with van der Waals surface area (Å²) in [5.41, 5.74) is 11.7. The predicted octanol–water partition coefficient (Wildman–Crippen LogP) is 12.4. The molecular formula is C41H52N4O4. The normalized spacial score (nSPS) is 13.1. The Hall–Kier alpha value is -4.72. The van der Waals surface area contributed by atoms with Crippen molar-refractivity contribution in [3.05, 3.63) is 91.0 Å². The highest BCUT2D eigenvalue weighted by Gasteiger charge is 2.21. The van der Waals surface area contributed by atoms with Crippen molar-refractivity contribution in [1.29, 1.82) is 0 Å². The lowest BCUT2D eigenvalue weighted by molar-refractivity contribution is 0.462. The van der Waals surface area contributed by atoms with Gasteiger partial charge in [0.1, 0.15) is 45.7 Å². The molecule has 0 aliphatic carbocycles. The zero-order chi connectivity index (χ0) is 36.5. The van der Waals surface area contributed by atoms with Crippen LogP contribution in [0.25, 0.3) is 0 Å². The Morgan fingerprint density at radius 3 is 1.10 bits per heavy atom. The minimum atomic E-state index is -0.0452. The lowest BCUT2D eigenvalue weighted by Gasteiger charge is -2.18. The van der Waals surface area contributed by atoms with Gasteiger partial charge in [-0.1, -0.05) is 39.8 Å². The third-order valence-corrected chi connectivity index (χ3v) is 10.9. The smallest absolute Gasteiger partial charge is 0.146 e. The number of nitrogens with zero attached hydrogens (tertiary/aromatic N) is 4. The second-order valence-electron chi connectivity index (χ2n) is 13.7. The van der Waals surface area contributed by atoms with Crippen molar-refractivity contribution in [2.75, 3.05) is 0 Å². The van der Waals surface area contributed by atoms with Crippen LogP contribution in [-0.2, 0) is 6.42 Å². The van der Waals surface area contributed by atoms with Gasteiger partial charge in [0.15, 0.2) is 0 Å². The summed E-state index contributed by atoms with van der Waals surface area (Å²) < 4.78 is 0. The van der Waals surface area contributed by atoms with Gasteiger partial charge in [0.2, 0.25) is 0 Å². The van der Waals surface area contributed by atoms with E-state index >= 15 is 0 Å². The van der Waals surface area contributed by atoms with Crippen molar-refractivity contribution in [3.63, 3.8) is 0 Å².